The molecule has 0 aliphatic rings. The predicted molar refractivity (Wildman–Crippen MR) is 54.7 cm³/mol. The van der Waals surface area contributed by atoms with Crippen LogP contribution in [0.4, 0.5) is 0 Å². The molecule has 0 spiro atoms. The van der Waals surface area contributed by atoms with Crippen molar-refractivity contribution in [3.05, 3.63) is 35.9 Å². The fourth-order valence-electron chi connectivity index (χ4n) is 0.933. The molecule has 1 rings (SSSR count). The van der Waals surface area contributed by atoms with E-state index >= 15 is 0 Å². The van der Waals surface area contributed by atoms with E-state index in [1.807, 2.05) is 0 Å². The zero-order chi connectivity index (χ0) is 11.0. The van der Waals surface area contributed by atoms with E-state index in [-0.39, 0.29) is 0 Å². The molecule has 1 aromatic carbocycles. The second kappa shape index (κ2) is 6.74. The van der Waals surface area contributed by atoms with Gasteiger partial charge in [-0.05, 0) is 12.0 Å². The Bertz CT molecular complexity index is 272. The van der Waals surface area contributed by atoms with Gasteiger partial charge in [0.25, 0.3) is 0 Å². The highest BCUT2D eigenvalue weighted by Crippen LogP contribution is 2.25. The van der Waals surface area contributed by atoms with Gasteiger partial charge in [-0.2, -0.15) is 0 Å². The summed E-state index contributed by atoms with van der Waals surface area (Å²) in [5.41, 5.74) is 1.44. The minimum Gasteiger partial charge on any atom is -0.303 e. The molecule has 0 bridgehead atoms. The summed E-state index contributed by atoms with van der Waals surface area (Å²) in [4.78, 5) is 21.6. The van der Waals surface area contributed by atoms with Crippen molar-refractivity contribution in [2.45, 2.75) is 19.8 Å². The molecule has 0 unspecified atom stereocenters. The zero-order valence-electron chi connectivity index (χ0n) is 8.00. The van der Waals surface area contributed by atoms with Crippen LogP contribution in [-0.4, -0.2) is 14.7 Å². The Morgan fingerprint density at radius 1 is 1.14 bits per heavy atom. The van der Waals surface area contributed by atoms with Crippen LogP contribution in [0.3, 0.4) is 0 Å². The quantitative estimate of drug-likeness (QED) is 0.660. The molecule has 0 aliphatic heterocycles. The highest BCUT2D eigenvalue weighted by atomic mass is 31.2. The topological polar surface area (TPSA) is 77.8 Å². The Hall–Kier alpha value is -0.670. The molecule has 0 aromatic heterocycles. The molecule has 0 saturated heterocycles. The van der Waals surface area contributed by atoms with E-state index in [0.29, 0.717) is 0 Å². The third-order valence-corrected chi connectivity index (χ3v) is 1.38. The monoisotopic (exact) mass is 218 g/mol. The Labute approximate surface area is 83.5 Å². The number of benzene rings is 1. The molecule has 0 atom stereocenters. The molecule has 0 saturated carbocycles. The number of hydrogen-bond donors (Lipinski definition) is 3. The molecule has 5 heteroatoms. The summed E-state index contributed by atoms with van der Waals surface area (Å²) in [5.74, 6) is 0. The average Bonchev–Trinajstić information content (AvgIpc) is 2.03. The van der Waals surface area contributed by atoms with Crippen LogP contribution in [0.1, 0.15) is 18.9 Å². The zero-order valence-corrected chi connectivity index (χ0v) is 8.89. The van der Waals surface area contributed by atoms with E-state index < -0.39 is 7.82 Å². The van der Waals surface area contributed by atoms with Gasteiger partial charge in [0.1, 0.15) is 0 Å². The van der Waals surface area contributed by atoms with Crippen molar-refractivity contribution in [2.24, 2.45) is 0 Å². The van der Waals surface area contributed by atoms with Crippen LogP contribution in [0.25, 0.3) is 0 Å². The van der Waals surface area contributed by atoms with Crippen molar-refractivity contribution in [3.63, 3.8) is 0 Å². The van der Waals surface area contributed by atoms with Gasteiger partial charge >= 0.3 is 7.82 Å². The summed E-state index contributed by atoms with van der Waals surface area (Å²) in [7, 11) is -4.64. The van der Waals surface area contributed by atoms with Gasteiger partial charge in [0, 0.05) is 0 Å². The van der Waals surface area contributed by atoms with Crippen LogP contribution in [0.2, 0.25) is 0 Å². The lowest BCUT2D eigenvalue weighted by atomic mass is 10.1. The van der Waals surface area contributed by atoms with Crippen molar-refractivity contribution < 1.29 is 19.2 Å². The van der Waals surface area contributed by atoms with Crippen LogP contribution >= 0.6 is 7.82 Å². The molecule has 0 heterocycles. The third-order valence-electron chi connectivity index (χ3n) is 1.38. The largest absolute Gasteiger partial charge is 0.466 e. The van der Waals surface area contributed by atoms with Gasteiger partial charge in [0.2, 0.25) is 0 Å². The SMILES string of the molecule is CCCc1ccccc1.O=P(O)(O)O. The summed E-state index contributed by atoms with van der Waals surface area (Å²) in [6.45, 7) is 2.20. The predicted octanol–water partition coefficient (Wildman–Crippen LogP) is 1.71. The second-order valence-corrected chi connectivity index (χ2v) is 3.78. The molecule has 0 radical (unpaired) electrons. The Morgan fingerprint density at radius 2 is 1.57 bits per heavy atom. The summed E-state index contributed by atoms with van der Waals surface area (Å²) < 4.78 is 8.88. The molecular formula is C9H15O4P. The first-order valence-electron chi connectivity index (χ1n) is 4.25. The summed E-state index contributed by atoms with van der Waals surface area (Å²) in [6, 6.07) is 10.6. The van der Waals surface area contributed by atoms with Crippen molar-refractivity contribution in [1.82, 2.24) is 0 Å². The van der Waals surface area contributed by atoms with E-state index in [2.05, 4.69) is 37.3 Å². The van der Waals surface area contributed by atoms with Gasteiger partial charge in [-0.1, -0.05) is 43.7 Å². The van der Waals surface area contributed by atoms with Gasteiger partial charge in [0.15, 0.2) is 0 Å². The standard InChI is InChI=1S/C9H12.H3O4P/c1-2-6-9-7-4-3-5-8-9;1-5(2,3)4/h3-5,7-8H,2,6H2,1H3;(H3,1,2,3,4). The summed E-state index contributed by atoms with van der Waals surface area (Å²) in [5, 5.41) is 0. The van der Waals surface area contributed by atoms with Crippen molar-refractivity contribution in [2.75, 3.05) is 0 Å². The van der Waals surface area contributed by atoms with Gasteiger partial charge in [0.05, 0.1) is 0 Å². The number of rotatable bonds is 2. The van der Waals surface area contributed by atoms with Gasteiger partial charge in [-0.25, -0.2) is 4.57 Å². The normalized spacial score (nSPS) is 10.3. The maximum atomic E-state index is 8.88. The molecule has 0 aliphatic carbocycles. The molecule has 0 fully saturated rings. The van der Waals surface area contributed by atoms with Gasteiger partial charge < -0.3 is 14.7 Å². The summed E-state index contributed by atoms with van der Waals surface area (Å²) >= 11 is 0. The van der Waals surface area contributed by atoms with E-state index in [4.69, 9.17) is 19.2 Å². The lowest BCUT2D eigenvalue weighted by molar-refractivity contribution is 0.275. The second-order valence-electron chi connectivity index (χ2n) is 2.75. The highest BCUT2D eigenvalue weighted by molar-refractivity contribution is 7.45. The maximum absolute atomic E-state index is 8.88. The Kier molecular flexibility index (Phi) is 6.41. The minimum absolute atomic E-state index is 1.21. The first kappa shape index (κ1) is 13.3. The van der Waals surface area contributed by atoms with Crippen LogP contribution < -0.4 is 0 Å². The van der Waals surface area contributed by atoms with E-state index in [0.717, 1.165) is 0 Å². The van der Waals surface area contributed by atoms with Crippen molar-refractivity contribution in [3.8, 4) is 0 Å². The lowest BCUT2D eigenvalue weighted by Gasteiger charge is -1.93. The number of aryl methyl sites for hydroxylation is 1. The maximum Gasteiger partial charge on any atom is 0.466 e. The van der Waals surface area contributed by atoms with Crippen molar-refractivity contribution in [1.29, 1.82) is 0 Å². The molecular weight excluding hydrogens is 203 g/mol. The van der Waals surface area contributed by atoms with E-state index in [1.54, 1.807) is 0 Å². The Morgan fingerprint density at radius 3 is 1.93 bits per heavy atom. The van der Waals surface area contributed by atoms with Crippen LogP contribution in [0.15, 0.2) is 30.3 Å². The fraction of sp³-hybridized carbons (Fsp3) is 0.333. The van der Waals surface area contributed by atoms with E-state index in [1.165, 1.54) is 18.4 Å². The third kappa shape index (κ3) is 11.3. The molecule has 4 nitrogen and oxygen atoms in total. The Balaban J connectivity index is 0.000000292. The minimum atomic E-state index is -4.64. The first-order chi connectivity index (χ1) is 6.43. The smallest absolute Gasteiger partial charge is 0.303 e. The average molecular weight is 218 g/mol. The molecule has 14 heavy (non-hydrogen) atoms. The van der Waals surface area contributed by atoms with E-state index in [9.17, 15) is 0 Å². The van der Waals surface area contributed by atoms with Crippen LogP contribution in [0.5, 0.6) is 0 Å². The van der Waals surface area contributed by atoms with Crippen LogP contribution in [0, 0.1) is 0 Å². The van der Waals surface area contributed by atoms with Gasteiger partial charge in [-0.3, -0.25) is 0 Å². The van der Waals surface area contributed by atoms with Crippen molar-refractivity contribution >= 4 is 7.82 Å². The molecule has 3 N–H and O–H groups in total. The van der Waals surface area contributed by atoms with Gasteiger partial charge in [-0.15, -0.1) is 0 Å². The number of phosphoric acid groups is 1. The molecule has 1 aromatic rings. The first-order valence-corrected chi connectivity index (χ1v) is 5.82. The lowest BCUT2D eigenvalue weighted by Crippen LogP contribution is -1.78. The van der Waals surface area contributed by atoms with Crippen LogP contribution in [-0.2, 0) is 11.0 Å². The highest BCUT2D eigenvalue weighted by Gasteiger charge is 2.00. The fourth-order valence-corrected chi connectivity index (χ4v) is 0.933. The molecule has 80 valence electrons. The number of hydrogen-bond acceptors (Lipinski definition) is 1. The summed E-state index contributed by atoms with van der Waals surface area (Å²) in [6.07, 6.45) is 2.45. The molecule has 0 amide bonds.